The van der Waals surface area contributed by atoms with Gasteiger partial charge in [-0.25, -0.2) is 9.13 Å². The molecule has 1 aliphatic heterocycles. The lowest BCUT2D eigenvalue weighted by Crippen LogP contribution is -3.00. The van der Waals surface area contributed by atoms with Crippen molar-refractivity contribution in [3.8, 4) is 0 Å². The molecule has 1 fully saturated rings. The van der Waals surface area contributed by atoms with Crippen LogP contribution < -0.4 is 40.0 Å². The average Bonchev–Trinajstić information content (AvgIpc) is 2.93. The number of imidazole rings is 1. The number of nitrogen functional groups attached to an aromatic ring is 1. The molecule has 0 unspecified atom stereocenters. The third-order valence-corrected chi connectivity index (χ3v) is 6.02. The van der Waals surface area contributed by atoms with Gasteiger partial charge in [0, 0.05) is 44.1 Å². The predicted molar refractivity (Wildman–Crippen MR) is 116 cm³/mol. The average molecular weight is 457 g/mol. The lowest BCUT2D eigenvalue weighted by molar-refractivity contribution is -0.890. The van der Waals surface area contributed by atoms with Crippen LogP contribution >= 0.6 is 0 Å². The molecule has 8 heteroatoms. The maximum Gasteiger partial charge on any atom is 0.243 e. The Morgan fingerprint density at radius 2 is 1.77 bits per heavy atom. The molecule has 1 aromatic heterocycles. The molecular formula is C22H38Cl2N6. The Bertz CT molecular complexity index is 777. The summed E-state index contributed by atoms with van der Waals surface area (Å²) in [5, 5.41) is 0. The van der Waals surface area contributed by atoms with Crippen LogP contribution in [-0.4, -0.2) is 73.9 Å². The van der Waals surface area contributed by atoms with Crippen molar-refractivity contribution < 1.29 is 33.9 Å². The van der Waals surface area contributed by atoms with Gasteiger partial charge in [-0.15, -0.1) is 0 Å². The first-order chi connectivity index (χ1) is 13.3. The minimum atomic E-state index is 0. The number of benzene rings is 1. The van der Waals surface area contributed by atoms with Crippen LogP contribution in [-0.2, 0) is 13.6 Å². The Hall–Kier alpha value is -1.47. The molecule has 0 radical (unpaired) electrons. The van der Waals surface area contributed by atoms with Crippen molar-refractivity contribution in [2.45, 2.75) is 19.9 Å². The second-order valence-corrected chi connectivity index (χ2v) is 8.92. The zero-order valence-corrected chi connectivity index (χ0v) is 20.4. The Balaban J connectivity index is 0.00000225. The summed E-state index contributed by atoms with van der Waals surface area (Å²) in [6, 6.07) is 6.43. The van der Waals surface area contributed by atoms with Crippen molar-refractivity contribution in [2.75, 3.05) is 70.5 Å². The van der Waals surface area contributed by atoms with E-state index >= 15 is 0 Å². The van der Waals surface area contributed by atoms with Crippen LogP contribution in [0.15, 0.2) is 36.9 Å². The Morgan fingerprint density at radius 3 is 2.43 bits per heavy atom. The smallest absolute Gasteiger partial charge is 0.243 e. The lowest BCUT2D eigenvalue weighted by Gasteiger charge is -2.32. The number of likely N-dealkylation sites (N-methyl/N-ethyl adjacent to an activating group) is 1. The van der Waals surface area contributed by atoms with E-state index in [-0.39, 0.29) is 24.8 Å². The highest BCUT2D eigenvalue weighted by atomic mass is 35.5. The van der Waals surface area contributed by atoms with Crippen LogP contribution in [0.1, 0.15) is 12.0 Å². The van der Waals surface area contributed by atoms with E-state index < -0.39 is 0 Å². The topological polar surface area (TPSA) is 41.3 Å². The second kappa shape index (κ2) is 11.8. The van der Waals surface area contributed by atoms with Crippen molar-refractivity contribution >= 4 is 11.4 Å². The summed E-state index contributed by atoms with van der Waals surface area (Å²) < 4.78 is 5.43. The summed E-state index contributed by atoms with van der Waals surface area (Å²) in [5.74, 6) is 0. The van der Waals surface area contributed by atoms with Gasteiger partial charge in [0.2, 0.25) is 6.33 Å². The maximum atomic E-state index is 5.98. The summed E-state index contributed by atoms with van der Waals surface area (Å²) in [6.45, 7) is 11.2. The van der Waals surface area contributed by atoms with Gasteiger partial charge in [0.25, 0.3) is 0 Å². The van der Waals surface area contributed by atoms with Crippen LogP contribution in [0.2, 0.25) is 0 Å². The van der Waals surface area contributed by atoms with Gasteiger partial charge in [-0.05, 0) is 37.1 Å². The van der Waals surface area contributed by atoms with Crippen molar-refractivity contribution in [3.63, 3.8) is 0 Å². The first kappa shape index (κ1) is 26.6. The molecule has 30 heavy (non-hydrogen) atoms. The zero-order valence-electron chi connectivity index (χ0n) is 18.9. The summed E-state index contributed by atoms with van der Waals surface area (Å²) in [7, 11) is 6.78. The molecule has 170 valence electrons. The quantitative estimate of drug-likeness (QED) is 0.259. The molecule has 0 atom stereocenters. The van der Waals surface area contributed by atoms with Crippen molar-refractivity contribution in [1.82, 2.24) is 9.47 Å². The van der Waals surface area contributed by atoms with Crippen LogP contribution in [0.5, 0.6) is 0 Å². The standard InChI is InChI=1S/C22H38N6.2ClH/c1-20-18-21(6-7-22(20)23)27-9-5-8-25(12-13-27)14-16-28(3,4)17-15-26-11-10-24(2)19-26;;/h6-7,10-11,18-19H,5,8-9,12-17,23H2,1-4H3;2*1H/q+2;;/p-2. The first-order valence-electron chi connectivity index (χ1n) is 10.5. The molecule has 0 bridgehead atoms. The minimum absolute atomic E-state index is 0. The summed E-state index contributed by atoms with van der Waals surface area (Å²) in [5.41, 5.74) is 9.35. The van der Waals surface area contributed by atoms with Gasteiger partial charge in [0.1, 0.15) is 25.5 Å². The third kappa shape index (κ3) is 7.65. The number of nitrogens with two attached hydrogens (primary N) is 1. The van der Waals surface area contributed by atoms with Crippen LogP contribution in [0.25, 0.3) is 0 Å². The number of nitrogens with zero attached hydrogens (tertiary/aromatic N) is 5. The molecule has 0 amide bonds. The number of anilines is 2. The third-order valence-electron chi connectivity index (χ3n) is 6.02. The largest absolute Gasteiger partial charge is 1.00 e. The lowest BCUT2D eigenvalue weighted by atomic mass is 10.1. The molecule has 3 rings (SSSR count). The number of rotatable bonds is 7. The van der Waals surface area contributed by atoms with Crippen LogP contribution in [0.3, 0.4) is 0 Å². The summed E-state index contributed by atoms with van der Waals surface area (Å²) >= 11 is 0. The van der Waals surface area contributed by atoms with E-state index in [1.165, 1.54) is 37.3 Å². The fourth-order valence-corrected chi connectivity index (χ4v) is 3.85. The molecule has 0 aliphatic carbocycles. The van der Waals surface area contributed by atoms with E-state index in [0.29, 0.717) is 0 Å². The molecule has 2 aromatic rings. The first-order valence-corrected chi connectivity index (χ1v) is 10.5. The number of hydrogen-bond acceptors (Lipinski definition) is 3. The highest BCUT2D eigenvalue weighted by molar-refractivity contribution is 5.58. The molecular weight excluding hydrogens is 419 g/mol. The summed E-state index contributed by atoms with van der Waals surface area (Å²) in [6.07, 6.45) is 7.63. The van der Waals surface area contributed by atoms with E-state index in [4.69, 9.17) is 5.73 Å². The predicted octanol–water partition coefficient (Wildman–Crippen LogP) is -4.50. The molecule has 0 saturated carbocycles. The highest BCUT2D eigenvalue weighted by Gasteiger charge is 2.21. The van der Waals surface area contributed by atoms with E-state index in [2.05, 4.69) is 77.9 Å². The van der Waals surface area contributed by atoms with Crippen LogP contribution in [0.4, 0.5) is 11.4 Å². The summed E-state index contributed by atoms with van der Waals surface area (Å²) in [4.78, 5) is 5.15. The Labute approximate surface area is 194 Å². The molecule has 2 N–H and O–H groups in total. The molecule has 1 saturated heterocycles. The van der Waals surface area contributed by atoms with E-state index in [9.17, 15) is 0 Å². The van der Waals surface area contributed by atoms with Crippen molar-refractivity contribution in [1.29, 1.82) is 0 Å². The number of halogens is 2. The van der Waals surface area contributed by atoms with Gasteiger partial charge in [-0.1, -0.05) is 0 Å². The van der Waals surface area contributed by atoms with Gasteiger partial charge in [0.05, 0.1) is 27.7 Å². The molecule has 2 heterocycles. The number of aromatic nitrogens is 2. The van der Waals surface area contributed by atoms with Gasteiger partial charge < -0.3 is 39.9 Å². The van der Waals surface area contributed by atoms with Gasteiger partial charge in [-0.2, -0.15) is 0 Å². The minimum Gasteiger partial charge on any atom is -1.00 e. The molecule has 0 spiro atoms. The molecule has 1 aliphatic rings. The van der Waals surface area contributed by atoms with E-state index in [0.717, 1.165) is 42.9 Å². The second-order valence-electron chi connectivity index (χ2n) is 8.92. The van der Waals surface area contributed by atoms with Crippen molar-refractivity contribution in [3.05, 3.63) is 42.5 Å². The van der Waals surface area contributed by atoms with Gasteiger partial charge in [0.15, 0.2) is 0 Å². The Kier molecular flexibility index (Phi) is 10.4. The maximum absolute atomic E-state index is 5.98. The fourth-order valence-electron chi connectivity index (χ4n) is 3.85. The number of aryl methyl sites for hydroxylation is 2. The fraction of sp³-hybridized carbons (Fsp3) is 0.591. The molecule has 6 nitrogen and oxygen atoms in total. The highest BCUT2D eigenvalue weighted by Crippen LogP contribution is 2.21. The van der Waals surface area contributed by atoms with E-state index in [1.54, 1.807) is 0 Å². The van der Waals surface area contributed by atoms with Crippen molar-refractivity contribution in [2.24, 2.45) is 7.05 Å². The SMILES string of the molecule is Cc1cc(N2CCCN(CC[N+](C)(C)CCn3cc[n+](C)c3)CC2)ccc1N.[Cl-].[Cl-]. The van der Waals surface area contributed by atoms with Gasteiger partial charge in [-0.3, -0.25) is 4.90 Å². The van der Waals surface area contributed by atoms with Gasteiger partial charge >= 0.3 is 0 Å². The van der Waals surface area contributed by atoms with Crippen LogP contribution in [0, 0.1) is 6.92 Å². The number of quaternary nitrogens is 1. The number of hydrogen-bond donors (Lipinski definition) is 1. The normalized spacial score (nSPS) is 15.3. The van der Waals surface area contributed by atoms with E-state index in [1.807, 2.05) is 6.07 Å². The molecule has 1 aromatic carbocycles. The zero-order chi connectivity index (χ0) is 20.1. The monoisotopic (exact) mass is 456 g/mol. The Morgan fingerprint density at radius 1 is 1.03 bits per heavy atom.